The first-order valence-corrected chi connectivity index (χ1v) is 15.6. The van der Waals surface area contributed by atoms with Crippen LogP contribution >= 0.6 is 0 Å². The molecule has 0 spiro atoms. The lowest BCUT2D eigenvalue weighted by atomic mass is 9.66. The van der Waals surface area contributed by atoms with Crippen LogP contribution in [0.25, 0.3) is 0 Å². The molecule has 9 heteroatoms. The van der Waals surface area contributed by atoms with Gasteiger partial charge in [-0.2, -0.15) is 0 Å². The summed E-state index contributed by atoms with van der Waals surface area (Å²) < 4.78 is 22.9. The first-order chi connectivity index (χ1) is 20.3. The topological polar surface area (TPSA) is 94.6 Å². The molecule has 0 aromatic heterocycles. The average molecular weight is 583 g/mol. The number of carbonyl (C=O) groups excluding carboxylic acids is 3. The quantitative estimate of drug-likeness (QED) is 0.395. The van der Waals surface area contributed by atoms with E-state index in [9.17, 15) is 14.4 Å². The summed E-state index contributed by atoms with van der Waals surface area (Å²) in [4.78, 5) is 45.1. The summed E-state index contributed by atoms with van der Waals surface area (Å²) in [5.74, 6) is 0.433. The first-order valence-electron chi connectivity index (χ1n) is 15.6. The second-order valence-electron chi connectivity index (χ2n) is 12.3. The molecular formula is C33H46N2O7. The lowest BCUT2D eigenvalue weighted by Crippen LogP contribution is -2.61. The van der Waals surface area contributed by atoms with Crippen molar-refractivity contribution in [2.45, 2.75) is 83.3 Å². The molecule has 0 bridgehead atoms. The molecule has 1 aromatic rings. The second kappa shape index (κ2) is 13.1. The highest BCUT2D eigenvalue weighted by atomic mass is 16.5. The summed E-state index contributed by atoms with van der Waals surface area (Å²) in [6, 6.07) is 5.74. The average Bonchev–Trinajstić information content (AvgIpc) is 3.56. The van der Waals surface area contributed by atoms with E-state index in [2.05, 4.69) is 0 Å². The normalized spacial score (nSPS) is 28.2. The van der Waals surface area contributed by atoms with Crippen molar-refractivity contribution in [1.29, 1.82) is 0 Å². The molecule has 3 aliphatic heterocycles. The highest BCUT2D eigenvalue weighted by Crippen LogP contribution is 2.52. The Balaban J connectivity index is 1.50. The largest absolute Gasteiger partial charge is 0.493 e. The molecule has 1 aliphatic carbocycles. The molecule has 9 nitrogen and oxygen atoms in total. The van der Waals surface area contributed by atoms with E-state index in [1.807, 2.05) is 36.1 Å². The Labute approximate surface area is 249 Å². The molecule has 3 heterocycles. The molecule has 4 aliphatic rings. The number of ether oxygens (including phenoxy) is 4. The number of amides is 2. The molecule has 230 valence electrons. The van der Waals surface area contributed by atoms with Crippen LogP contribution < -0.4 is 9.47 Å². The number of carbonyl (C=O) groups is 3. The smallest absolute Gasteiger partial charge is 0.320 e. The van der Waals surface area contributed by atoms with Gasteiger partial charge in [0.25, 0.3) is 0 Å². The van der Waals surface area contributed by atoms with Gasteiger partial charge in [0, 0.05) is 37.7 Å². The Morgan fingerprint density at radius 3 is 2.38 bits per heavy atom. The van der Waals surface area contributed by atoms with E-state index in [1.165, 1.54) is 7.11 Å². The van der Waals surface area contributed by atoms with Gasteiger partial charge in [-0.1, -0.05) is 18.9 Å². The molecule has 4 atom stereocenters. The van der Waals surface area contributed by atoms with E-state index < -0.39 is 23.4 Å². The van der Waals surface area contributed by atoms with Crippen LogP contribution in [-0.4, -0.2) is 80.8 Å². The zero-order valence-electron chi connectivity index (χ0n) is 25.6. The fourth-order valence-electron chi connectivity index (χ4n) is 7.54. The summed E-state index contributed by atoms with van der Waals surface area (Å²) in [5.41, 5.74) is 0.489. The maximum absolute atomic E-state index is 14.3. The van der Waals surface area contributed by atoms with Crippen molar-refractivity contribution < 1.29 is 33.3 Å². The first kappa shape index (κ1) is 30.4. The van der Waals surface area contributed by atoms with Gasteiger partial charge in [0.1, 0.15) is 5.41 Å². The summed E-state index contributed by atoms with van der Waals surface area (Å²) in [6.07, 6.45) is 9.72. The Kier molecular flexibility index (Phi) is 9.45. The van der Waals surface area contributed by atoms with Crippen LogP contribution in [-0.2, 0) is 30.3 Å². The van der Waals surface area contributed by atoms with Gasteiger partial charge in [-0.05, 0) is 81.6 Å². The number of esters is 1. The minimum absolute atomic E-state index is 0.0199. The molecule has 0 radical (unpaired) electrons. The van der Waals surface area contributed by atoms with Gasteiger partial charge in [-0.15, -0.1) is 0 Å². The molecule has 42 heavy (non-hydrogen) atoms. The third kappa shape index (κ3) is 5.77. The van der Waals surface area contributed by atoms with Crippen LogP contribution in [0.1, 0.15) is 70.3 Å². The maximum atomic E-state index is 14.3. The van der Waals surface area contributed by atoms with Crippen molar-refractivity contribution in [1.82, 2.24) is 9.80 Å². The zero-order chi connectivity index (χ0) is 29.9. The molecule has 1 saturated carbocycles. The lowest BCUT2D eigenvalue weighted by molar-refractivity contribution is -0.178. The van der Waals surface area contributed by atoms with Gasteiger partial charge in [-0.3, -0.25) is 14.4 Å². The van der Waals surface area contributed by atoms with Gasteiger partial charge in [0.15, 0.2) is 11.5 Å². The summed E-state index contributed by atoms with van der Waals surface area (Å²) in [5, 5.41) is 0. The van der Waals surface area contributed by atoms with Crippen LogP contribution in [0, 0.1) is 17.3 Å². The van der Waals surface area contributed by atoms with Gasteiger partial charge >= 0.3 is 5.97 Å². The fraction of sp³-hybridized carbons (Fsp3) is 0.667. The molecule has 1 aromatic carbocycles. The van der Waals surface area contributed by atoms with E-state index in [0.29, 0.717) is 36.1 Å². The summed E-state index contributed by atoms with van der Waals surface area (Å²) >= 11 is 0. The highest BCUT2D eigenvalue weighted by molar-refractivity contribution is 5.92. The van der Waals surface area contributed by atoms with Crippen molar-refractivity contribution in [3.05, 3.63) is 35.5 Å². The van der Waals surface area contributed by atoms with Crippen LogP contribution in [0.15, 0.2) is 30.0 Å². The number of methoxy groups -OCH3 is 3. The summed E-state index contributed by atoms with van der Waals surface area (Å²) in [6.45, 7) is 3.73. The monoisotopic (exact) mass is 582 g/mol. The van der Waals surface area contributed by atoms with Crippen molar-refractivity contribution in [2.24, 2.45) is 17.3 Å². The Morgan fingerprint density at radius 2 is 1.71 bits per heavy atom. The van der Waals surface area contributed by atoms with Gasteiger partial charge in [0.2, 0.25) is 11.8 Å². The number of likely N-dealkylation sites (tertiary alicyclic amines) is 2. The van der Waals surface area contributed by atoms with Crippen molar-refractivity contribution in [3.63, 3.8) is 0 Å². The minimum Gasteiger partial charge on any atom is -0.493 e. The molecule has 5 rings (SSSR count). The maximum Gasteiger partial charge on any atom is 0.320 e. The standard InChI is InChI=1S/C33H46N2O7/c1-22-33(32(38)41-4)21-25(19-30(36)34-15-8-5-9-16-34)31(37)35(29(33)20-27(42-22)24-10-6-7-11-24)17-14-23-12-13-26(39-2)28(18-23)40-3/h12-13,18,20,22,24-25,27H,5-11,14-17,19,21H2,1-4H3/t22-,25+,27-,33+/m1/s1. The molecular weight excluding hydrogens is 536 g/mol. The van der Waals surface area contributed by atoms with E-state index in [1.54, 1.807) is 19.1 Å². The Morgan fingerprint density at radius 1 is 1.00 bits per heavy atom. The third-order valence-electron chi connectivity index (χ3n) is 9.92. The van der Waals surface area contributed by atoms with E-state index in [4.69, 9.17) is 18.9 Å². The molecule has 2 saturated heterocycles. The predicted molar refractivity (Wildman–Crippen MR) is 157 cm³/mol. The van der Waals surface area contributed by atoms with E-state index in [0.717, 1.165) is 63.6 Å². The van der Waals surface area contributed by atoms with E-state index in [-0.39, 0.29) is 30.8 Å². The van der Waals surface area contributed by atoms with Crippen molar-refractivity contribution >= 4 is 17.8 Å². The number of piperidine rings is 2. The second-order valence-corrected chi connectivity index (χ2v) is 12.3. The van der Waals surface area contributed by atoms with Gasteiger partial charge in [0.05, 0.1) is 33.5 Å². The Hall–Kier alpha value is -3.07. The van der Waals surface area contributed by atoms with Crippen LogP contribution in [0.3, 0.4) is 0 Å². The minimum atomic E-state index is -1.16. The number of benzene rings is 1. The lowest BCUT2D eigenvalue weighted by Gasteiger charge is -2.52. The van der Waals surface area contributed by atoms with Crippen molar-refractivity contribution in [3.8, 4) is 11.5 Å². The third-order valence-corrected chi connectivity index (χ3v) is 9.92. The Bertz CT molecular complexity index is 1190. The van der Waals surface area contributed by atoms with Gasteiger partial charge in [-0.25, -0.2) is 0 Å². The molecule has 0 N–H and O–H groups in total. The highest BCUT2D eigenvalue weighted by Gasteiger charge is 2.60. The summed E-state index contributed by atoms with van der Waals surface area (Å²) in [7, 11) is 4.59. The van der Waals surface area contributed by atoms with Crippen LogP contribution in [0.2, 0.25) is 0 Å². The number of rotatable bonds is 9. The molecule has 0 unspecified atom stereocenters. The molecule has 2 amide bonds. The number of hydrogen-bond donors (Lipinski definition) is 0. The number of nitrogens with zero attached hydrogens (tertiary/aromatic N) is 2. The fourth-order valence-corrected chi connectivity index (χ4v) is 7.54. The predicted octanol–water partition coefficient (Wildman–Crippen LogP) is 4.52. The van der Waals surface area contributed by atoms with Crippen LogP contribution in [0.4, 0.5) is 0 Å². The van der Waals surface area contributed by atoms with Crippen LogP contribution in [0.5, 0.6) is 11.5 Å². The van der Waals surface area contributed by atoms with E-state index >= 15 is 0 Å². The zero-order valence-corrected chi connectivity index (χ0v) is 25.6. The number of hydrogen-bond acceptors (Lipinski definition) is 7. The van der Waals surface area contributed by atoms with Crippen molar-refractivity contribution in [2.75, 3.05) is 41.0 Å². The van der Waals surface area contributed by atoms with Gasteiger partial charge < -0.3 is 28.7 Å². The SMILES string of the molecule is COC(=O)[C@]12C[C@H](CC(=O)N3CCCCC3)C(=O)N(CCc3ccc(OC)c(OC)c3)C1=C[C@H](C1CCCC1)O[C@@H]2C. The molecule has 3 fully saturated rings. The number of fused-ring (bicyclic) bond motifs is 1.